The van der Waals surface area contributed by atoms with Crippen molar-refractivity contribution < 1.29 is 19.4 Å². The monoisotopic (exact) mass is 317 g/mol. The number of carboxylic acid groups (broad SMARTS) is 1. The number of carbonyl (C=O) groups excluding carboxylic acids is 1. The Balaban J connectivity index is 1.84. The zero-order valence-electron chi connectivity index (χ0n) is 13.4. The first-order chi connectivity index (χ1) is 11.1. The highest BCUT2D eigenvalue weighted by Crippen LogP contribution is 2.40. The fourth-order valence-corrected chi connectivity index (χ4v) is 3.98. The summed E-state index contributed by atoms with van der Waals surface area (Å²) in [6, 6.07) is 6.36. The fourth-order valence-electron chi connectivity index (χ4n) is 3.98. The van der Waals surface area contributed by atoms with Crippen LogP contribution in [-0.2, 0) is 4.79 Å². The molecule has 1 aliphatic heterocycles. The minimum atomic E-state index is -0.890. The number of carbonyl (C=O) groups is 2. The van der Waals surface area contributed by atoms with Crippen LogP contribution in [0.4, 0.5) is 0 Å². The SMILES string of the molecule is CCOc1ccc(C(=O)N2C(C(=O)O)CC3CCCCC32)cc1. The quantitative estimate of drug-likeness (QED) is 0.927. The van der Waals surface area contributed by atoms with E-state index >= 15 is 0 Å². The van der Waals surface area contributed by atoms with Crippen molar-refractivity contribution in [2.75, 3.05) is 6.61 Å². The minimum Gasteiger partial charge on any atom is -0.494 e. The van der Waals surface area contributed by atoms with Gasteiger partial charge in [0.1, 0.15) is 11.8 Å². The van der Waals surface area contributed by atoms with Gasteiger partial charge in [0.25, 0.3) is 5.91 Å². The molecule has 23 heavy (non-hydrogen) atoms. The Hall–Kier alpha value is -2.04. The van der Waals surface area contributed by atoms with Gasteiger partial charge in [-0.15, -0.1) is 0 Å². The standard InChI is InChI=1S/C18H23NO4/c1-2-23-14-9-7-12(8-10-14)17(20)19-15-6-4-3-5-13(15)11-16(19)18(21)22/h7-10,13,15-16H,2-6,11H2,1H3,(H,21,22). The molecule has 1 saturated heterocycles. The summed E-state index contributed by atoms with van der Waals surface area (Å²) >= 11 is 0. The first kappa shape index (κ1) is 15.8. The Bertz CT molecular complexity index is 583. The first-order valence-corrected chi connectivity index (χ1v) is 8.40. The van der Waals surface area contributed by atoms with E-state index in [4.69, 9.17) is 4.74 Å². The summed E-state index contributed by atoms with van der Waals surface area (Å²) in [5.41, 5.74) is 0.533. The third kappa shape index (κ3) is 3.05. The highest BCUT2D eigenvalue weighted by molar-refractivity contribution is 5.97. The van der Waals surface area contributed by atoms with Crippen molar-refractivity contribution in [3.8, 4) is 5.75 Å². The molecule has 124 valence electrons. The van der Waals surface area contributed by atoms with Crippen LogP contribution in [0.1, 0.15) is 49.4 Å². The van der Waals surface area contributed by atoms with Crippen LogP contribution in [-0.4, -0.2) is 40.6 Å². The van der Waals surface area contributed by atoms with E-state index in [0.717, 1.165) is 31.4 Å². The van der Waals surface area contributed by atoms with Crippen LogP contribution in [0.25, 0.3) is 0 Å². The summed E-state index contributed by atoms with van der Waals surface area (Å²) in [4.78, 5) is 26.2. The number of fused-ring (bicyclic) bond motifs is 1. The van der Waals surface area contributed by atoms with Gasteiger partial charge < -0.3 is 14.7 Å². The van der Waals surface area contributed by atoms with Gasteiger partial charge in [-0.05, 0) is 56.4 Å². The molecule has 0 spiro atoms. The molecule has 1 aromatic rings. The second-order valence-electron chi connectivity index (χ2n) is 6.37. The summed E-state index contributed by atoms with van der Waals surface area (Å²) in [5, 5.41) is 9.53. The van der Waals surface area contributed by atoms with Crippen LogP contribution in [0.2, 0.25) is 0 Å². The number of amides is 1. The Labute approximate surface area is 136 Å². The van der Waals surface area contributed by atoms with Gasteiger partial charge in [-0.2, -0.15) is 0 Å². The predicted molar refractivity (Wildman–Crippen MR) is 85.6 cm³/mol. The number of ether oxygens (including phenoxy) is 1. The molecule has 3 rings (SSSR count). The lowest BCUT2D eigenvalue weighted by atomic mass is 9.84. The third-order valence-corrected chi connectivity index (χ3v) is 5.02. The molecule has 1 aliphatic carbocycles. The van der Waals surface area contributed by atoms with Gasteiger partial charge in [0.2, 0.25) is 0 Å². The zero-order chi connectivity index (χ0) is 16.4. The van der Waals surface area contributed by atoms with Gasteiger partial charge in [0.15, 0.2) is 0 Å². The number of benzene rings is 1. The maximum absolute atomic E-state index is 12.9. The number of hydrogen-bond acceptors (Lipinski definition) is 3. The van der Waals surface area contributed by atoms with E-state index in [1.165, 1.54) is 0 Å². The smallest absolute Gasteiger partial charge is 0.326 e. The third-order valence-electron chi connectivity index (χ3n) is 5.02. The van der Waals surface area contributed by atoms with E-state index in [9.17, 15) is 14.7 Å². The lowest BCUT2D eigenvalue weighted by molar-refractivity contribution is -0.141. The van der Waals surface area contributed by atoms with E-state index in [0.29, 0.717) is 24.5 Å². The molecular formula is C18H23NO4. The lowest BCUT2D eigenvalue weighted by Gasteiger charge is -2.33. The summed E-state index contributed by atoms with van der Waals surface area (Å²) in [5.74, 6) is -0.0131. The molecule has 3 unspecified atom stereocenters. The van der Waals surface area contributed by atoms with Crippen molar-refractivity contribution in [2.45, 2.75) is 51.1 Å². The van der Waals surface area contributed by atoms with Crippen LogP contribution < -0.4 is 4.74 Å². The molecule has 1 saturated carbocycles. The molecule has 3 atom stereocenters. The number of nitrogens with zero attached hydrogens (tertiary/aromatic N) is 1. The normalized spacial score (nSPS) is 26.7. The van der Waals surface area contributed by atoms with Gasteiger partial charge in [-0.1, -0.05) is 12.8 Å². The Morgan fingerprint density at radius 2 is 1.91 bits per heavy atom. The first-order valence-electron chi connectivity index (χ1n) is 8.40. The van der Waals surface area contributed by atoms with Crippen LogP contribution in [0.5, 0.6) is 5.75 Å². The molecule has 1 heterocycles. The number of rotatable bonds is 4. The molecule has 5 heteroatoms. The molecule has 0 aromatic heterocycles. The summed E-state index contributed by atoms with van der Waals surface area (Å²) < 4.78 is 5.39. The Morgan fingerprint density at radius 3 is 2.57 bits per heavy atom. The van der Waals surface area contributed by atoms with Gasteiger partial charge in [0.05, 0.1) is 6.61 Å². The second-order valence-corrected chi connectivity index (χ2v) is 6.37. The van der Waals surface area contributed by atoms with Crippen molar-refractivity contribution in [1.29, 1.82) is 0 Å². The molecule has 1 aromatic carbocycles. The molecule has 1 N–H and O–H groups in total. The molecular weight excluding hydrogens is 294 g/mol. The van der Waals surface area contributed by atoms with Crippen molar-refractivity contribution in [1.82, 2.24) is 4.90 Å². The maximum Gasteiger partial charge on any atom is 0.326 e. The number of hydrogen-bond donors (Lipinski definition) is 1. The highest BCUT2D eigenvalue weighted by Gasteiger charge is 2.47. The predicted octanol–water partition coefficient (Wildman–Crippen LogP) is 2.94. The molecule has 5 nitrogen and oxygen atoms in total. The fraction of sp³-hybridized carbons (Fsp3) is 0.556. The van der Waals surface area contributed by atoms with E-state index < -0.39 is 12.0 Å². The lowest BCUT2D eigenvalue weighted by Crippen LogP contribution is -2.46. The Kier molecular flexibility index (Phi) is 4.55. The van der Waals surface area contributed by atoms with E-state index in [2.05, 4.69) is 0 Å². The van der Waals surface area contributed by atoms with Crippen molar-refractivity contribution >= 4 is 11.9 Å². The van der Waals surface area contributed by atoms with Crippen molar-refractivity contribution in [3.05, 3.63) is 29.8 Å². The maximum atomic E-state index is 12.9. The van der Waals surface area contributed by atoms with Crippen LogP contribution in [0.15, 0.2) is 24.3 Å². The van der Waals surface area contributed by atoms with E-state index in [1.807, 2.05) is 6.92 Å². The summed E-state index contributed by atoms with van der Waals surface area (Å²) in [7, 11) is 0. The number of carboxylic acids is 1. The van der Waals surface area contributed by atoms with Gasteiger partial charge >= 0.3 is 5.97 Å². The molecule has 0 radical (unpaired) electrons. The average molecular weight is 317 g/mol. The second kappa shape index (κ2) is 6.60. The zero-order valence-corrected chi connectivity index (χ0v) is 13.4. The summed E-state index contributed by atoms with van der Waals surface area (Å²) in [6.45, 7) is 2.48. The summed E-state index contributed by atoms with van der Waals surface area (Å²) in [6.07, 6.45) is 4.74. The van der Waals surface area contributed by atoms with Gasteiger partial charge in [-0.25, -0.2) is 4.79 Å². The minimum absolute atomic E-state index is 0.0731. The molecule has 2 fully saturated rings. The Morgan fingerprint density at radius 1 is 1.22 bits per heavy atom. The average Bonchev–Trinajstić information content (AvgIpc) is 2.95. The highest BCUT2D eigenvalue weighted by atomic mass is 16.5. The van der Waals surface area contributed by atoms with Crippen molar-refractivity contribution in [3.63, 3.8) is 0 Å². The largest absolute Gasteiger partial charge is 0.494 e. The number of aliphatic carboxylic acids is 1. The molecule has 2 aliphatic rings. The van der Waals surface area contributed by atoms with Crippen LogP contribution in [0.3, 0.4) is 0 Å². The molecule has 1 amide bonds. The number of likely N-dealkylation sites (tertiary alicyclic amines) is 1. The van der Waals surface area contributed by atoms with Crippen LogP contribution in [0, 0.1) is 5.92 Å². The van der Waals surface area contributed by atoms with E-state index in [1.54, 1.807) is 29.2 Å². The topological polar surface area (TPSA) is 66.8 Å². The van der Waals surface area contributed by atoms with Gasteiger partial charge in [0, 0.05) is 11.6 Å². The van der Waals surface area contributed by atoms with Crippen LogP contribution >= 0.6 is 0 Å². The van der Waals surface area contributed by atoms with E-state index in [-0.39, 0.29) is 11.9 Å². The van der Waals surface area contributed by atoms with Gasteiger partial charge in [-0.3, -0.25) is 4.79 Å². The van der Waals surface area contributed by atoms with Crippen molar-refractivity contribution in [2.24, 2.45) is 5.92 Å². The molecule has 0 bridgehead atoms.